The molecule has 0 saturated heterocycles. The molecule has 5 heteroatoms. The summed E-state index contributed by atoms with van der Waals surface area (Å²) in [6, 6.07) is 15.2. The van der Waals surface area contributed by atoms with Gasteiger partial charge in [0.05, 0.1) is 18.0 Å². The van der Waals surface area contributed by atoms with Crippen molar-refractivity contribution in [3.63, 3.8) is 0 Å². The van der Waals surface area contributed by atoms with Crippen LogP contribution in [-0.2, 0) is 0 Å². The van der Waals surface area contributed by atoms with Crippen LogP contribution in [0.1, 0.15) is 29.9 Å². The number of aryl methyl sites for hydroxylation is 2. The molecule has 0 aliphatic carbocycles. The Hall–Kier alpha value is -3.34. The number of nitrogens with one attached hydrogen (secondary N) is 1. The Morgan fingerprint density at radius 3 is 2.70 bits per heavy atom. The zero-order chi connectivity index (χ0) is 19.0. The summed E-state index contributed by atoms with van der Waals surface area (Å²) in [5, 5.41) is 14.2. The van der Waals surface area contributed by atoms with E-state index in [1.165, 1.54) is 0 Å². The van der Waals surface area contributed by atoms with Crippen LogP contribution in [0.2, 0.25) is 0 Å². The molecule has 0 fully saturated rings. The van der Waals surface area contributed by atoms with Crippen LogP contribution in [0.4, 0.5) is 5.82 Å². The molecule has 5 nitrogen and oxygen atoms in total. The Morgan fingerprint density at radius 2 is 1.89 bits per heavy atom. The highest BCUT2D eigenvalue weighted by molar-refractivity contribution is 5.85. The van der Waals surface area contributed by atoms with E-state index in [2.05, 4.69) is 21.4 Å². The van der Waals surface area contributed by atoms with Crippen molar-refractivity contribution >= 4 is 16.8 Å². The minimum absolute atomic E-state index is 0.00199. The minimum atomic E-state index is -0.00199. The molecule has 0 unspecified atom stereocenters. The number of nitrogens with zero attached hydrogens (tertiary/aromatic N) is 2. The first-order valence-corrected chi connectivity index (χ1v) is 8.89. The van der Waals surface area contributed by atoms with Gasteiger partial charge in [-0.3, -0.25) is 0 Å². The van der Waals surface area contributed by atoms with E-state index in [0.29, 0.717) is 5.82 Å². The van der Waals surface area contributed by atoms with Crippen LogP contribution in [-0.4, -0.2) is 15.1 Å². The second-order valence-corrected chi connectivity index (χ2v) is 6.78. The molecule has 2 aromatic heterocycles. The molecule has 2 heterocycles. The molecule has 0 saturated carbocycles. The third-order valence-electron chi connectivity index (χ3n) is 4.64. The number of aromatic nitrogens is 2. The molecule has 0 spiro atoms. The summed E-state index contributed by atoms with van der Waals surface area (Å²) >= 11 is 0. The van der Waals surface area contributed by atoms with Gasteiger partial charge in [-0.05, 0) is 62.2 Å². The monoisotopic (exact) mass is 359 g/mol. The predicted octanol–water partition coefficient (Wildman–Crippen LogP) is 5.39. The fourth-order valence-electron chi connectivity index (χ4n) is 3.20. The maximum absolute atomic E-state index is 9.70. The summed E-state index contributed by atoms with van der Waals surface area (Å²) in [7, 11) is 0. The maximum atomic E-state index is 9.70. The summed E-state index contributed by atoms with van der Waals surface area (Å²) in [5.41, 5.74) is 4.84. The van der Waals surface area contributed by atoms with Gasteiger partial charge in [0.2, 0.25) is 0 Å². The van der Waals surface area contributed by atoms with Gasteiger partial charge in [-0.25, -0.2) is 9.97 Å². The van der Waals surface area contributed by atoms with Gasteiger partial charge in [0.15, 0.2) is 0 Å². The quantitative estimate of drug-likeness (QED) is 0.511. The zero-order valence-corrected chi connectivity index (χ0v) is 15.5. The number of anilines is 1. The first-order valence-electron chi connectivity index (χ1n) is 8.89. The summed E-state index contributed by atoms with van der Waals surface area (Å²) in [6.07, 6.45) is 1.77. The number of phenols is 1. The Bertz CT molecular complexity index is 1120. The van der Waals surface area contributed by atoms with Crippen molar-refractivity contribution in [1.82, 2.24) is 9.97 Å². The van der Waals surface area contributed by atoms with Crippen LogP contribution in [0.15, 0.2) is 59.2 Å². The fraction of sp³-hybridized carbons (Fsp3) is 0.182. The molecular formula is C22H21N3O2. The number of furan rings is 1. The lowest BCUT2D eigenvalue weighted by molar-refractivity contribution is 0.474. The highest BCUT2D eigenvalue weighted by Crippen LogP contribution is 2.28. The molecule has 27 heavy (non-hydrogen) atoms. The number of rotatable bonds is 4. The maximum Gasteiger partial charge on any atom is 0.134 e. The molecule has 4 aromatic rings. The largest absolute Gasteiger partial charge is 0.508 e. The molecular weight excluding hydrogens is 338 g/mol. The lowest BCUT2D eigenvalue weighted by atomic mass is 10.1. The van der Waals surface area contributed by atoms with Crippen molar-refractivity contribution in [2.24, 2.45) is 0 Å². The summed E-state index contributed by atoms with van der Waals surface area (Å²) < 4.78 is 5.53. The average molecular weight is 359 g/mol. The molecule has 0 amide bonds. The highest BCUT2D eigenvalue weighted by Gasteiger charge is 2.11. The van der Waals surface area contributed by atoms with Crippen molar-refractivity contribution in [2.75, 3.05) is 5.32 Å². The third kappa shape index (κ3) is 3.49. The van der Waals surface area contributed by atoms with Crippen LogP contribution in [0.25, 0.3) is 22.2 Å². The van der Waals surface area contributed by atoms with Gasteiger partial charge >= 0.3 is 0 Å². The van der Waals surface area contributed by atoms with Crippen LogP contribution >= 0.6 is 0 Å². The molecule has 0 radical (unpaired) electrons. The van der Waals surface area contributed by atoms with Crippen LogP contribution < -0.4 is 5.32 Å². The van der Waals surface area contributed by atoms with Crippen LogP contribution in [0.5, 0.6) is 5.75 Å². The molecule has 0 aliphatic rings. The number of phenolic OH excluding ortho intramolecular Hbond substituents is 1. The normalized spacial score (nSPS) is 12.3. The van der Waals surface area contributed by atoms with Gasteiger partial charge in [0.1, 0.15) is 23.0 Å². The van der Waals surface area contributed by atoms with Gasteiger partial charge in [-0.15, -0.1) is 0 Å². The first-order chi connectivity index (χ1) is 13.0. The van der Waals surface area contributed by atoms with E-state index in [1.807, 2.05) is 51.1 Å². The van der Waals surface area contributed by atoms with E-state index in [4.69, 9.17) is 4.42 Å². The number of hydrogen-bond acceptors (Lipinski definition) is 5. The van der Waals surface area contributed by atoms with Crippen molar-refractivity contribution < 1.29 is 9.52 Å². The van der Waals surface area contributed by atoms with E-state index in [0.717, 1.165) is 39.2 Å². The van der Waals surface area contributed by atoms with Crippen molar-refractivity contribution in [2.45, 2.75) is 26.8 Å². The fourth-order valence-corrected chi connectivity index (χ4v) is 3.20. The van der Waals surface area contributed by atoms with E-state index < -0.39 is 0 Å². The standard InChI is InChI=1S/C22H21N3O2/c1-13-12-27-21-8-7-17(10-19(13)21)20-11-22(25-15(3)24-20)23-14(2)16-5-4-6-18(26)9-16/h4-12,14,26H,1-3H3,(H,23,24,25)/t14-/m1/s1. The molecule has 0 bridgehead atoms. The van der Waals surface area contributed by atoms with E-state index >= 15 is 0 Å². The number of hydrogen-bond donors (Lipinski definition) is 2. The molecule has 2 N–H and O–H groups in total. The molecule has 4 rings (SSSR count). The SMILES string of the molecule is Cc1nc(N[C@H](C)c2cccc(O)c2)cc(-c2ccc3occ(C)c3c2)n1. The van der Waals surface area contributed by atoms with Gasteiger partial charge < -0.3 is 14.8 Å². The number of aromatic hydroxyl groups is 1. The van der Waals surface area contributed by atoms with Gasteiger partial charge in [0.25, 0.3) is 0 Å². The van der Waals surface area contributed by atoms with Crippen LogP contribution in [0.3, 0.4) is 0 Å². The third-order valence-corrected chi connectivity index (χ3v) is 4.64. The Kier molecular flexibility index (Phi) is 4.28. The van der Waals surface area contributed by atoms with Crippen molar-refractivity contribution in [3.8, 4) is 17.0 Å². The topological polar surface area (TPSA) is 71.2 Å². The van der Waals surface area contributed by atoms with Crippen molar-refractivity contribution in [3.05, 3.63) is 71.7 Å². The minimum Gasteiger partial charge on any atom is -0.508 e. The Labute approximate surface area is 157 Å². The van der Waals surface area contributed by atoms with Gasteiger partial charge in [-0.2, -0.15) is 0 Å². The molecule has 1 atom stereocenters. The Morgan fingerprint density at radius 1 is 1.04 bits per heavy atom. The number of benzene rings is 2. The lowest BCUT2D eigenvalue weighted by Gasteiger charge is -2.16. The Balaban J connectivity index is 1.67. The average Bonchev–Trinajstić information content (AvgIpc) is 3.02. The van der Waals surface area contributed by atoms with Crippen molar-refractivity contribution in [1.29, 1.82) is 0 Å². The zero-order valence-electron chi connectivity index (χ0n) is 15.5. The van der Waals surface area contributed by atoms with Crippen LogP contribution in [0, 0.1) is 13.8 Å². The smallest absolute Gasteiger partial charge is 0.134 e. The second kappa shape index (κ2) is 6.76. The summed E-state index contributed by atoms with van der Waals surface area (Å²) in [5.74, 6) is 1.70. The van der Waals surface area contributed by atoms with E-state index in [9.17, 15) is 5.11 Å². The highest BCUT2D eigenvalue weighted by atomic mass is 16.3. The second-order valence-electron chi connectivity index (χ2n) is 6.78. The van der Waals surface area contributed by atoms with E-state index in [-0.39, 0.29) is 11.8 Å². The predicted molar refractivity (Wildman–Crippen MR) is 107 cm³/mol. The molecule has 2 aromatic carbocycles. The first kappa shape index (κ1) is 17.1. The lowest BCUT2D eigenvalue weighted by Crippen LogP contribution is -2.09. The van der Waals surface area contributed by atoms with Gasteiger partial charge in [-0.1, -0.05) is 12.1 Å². The molecule has 0 aliphatic heterocycles. The summed E-state index contributed by atoms with van der Waals surface area (Å²) in [4.78, 5) is 9.11. The molecule has 136 valence electrons. The number of fused-ring (bicyclic) bond motifs is 1. The van der Waals surface area contributed by atoms with Gasteiger partial charge in [0, 0.05) is 17.0 Å². The summed E-state index contributed by atoms with van der Waals surface area (Å²) in [6.45, 7) is 5.95. The van der Waals surface area contributed by atoms with E-state index in [1.54, 1.807) is 18.4 Å².